The van der Waals surface area contributed by atoms with E-state index < -0.39 is 0 Å². The van der Waals surface area contributed by atoms with Crippen LogP contribution in [0.4, 0.5) is 0 Å². The third-order valence-electron chi connectivity index (χ3n) is 3.84. The van der Waals surface area contributed by atoms with Crippen molar-refractivity contribution >= 4 is 5.78 Å². The van der Waals surface area contributed by atoms with Gasteiger partial charge >= 0.3 is 0 Å². The van der Waals surface area contributed by atoms with Crippen molar-refractivity contribution in [1.82, 2.24) is 0 Å². The number of Topliss-reactive ketones (excluding diaryl/α,β-unsaturated/α-hetero) is 1. The summed E-state index contributed by atoms with van der Waals surface area (Å²) in [5.41, 5.74) is 2.25. The summed E-state index contributed by atoms with van der Waals surface area (Å²) in [6, 6.07) is 0. The Bertz CT molecular complexity index is 386. The summed E-state index contributed by atoms with van der Waals surface area (Å²) in [6.07, 6.45) is 7.29. The van der Waals surface area contributed by atoms with Crippen LogP contribution < -0.4 is 0 Å². The van der Waals surface area contributed by atoms with Gasteiger partial charge < -0.3 is 4.74 Å². The molecule has 0 aromatic carbocycles. The molecule has 2 heteroatoms. The van der Waals surface area contributed by atoms with E-state index >= 15 is 0 Å². The summed E-state index contributed by atoms with van der Waals surface area (Å²) in [6.45, 7) is 7.13. The van der Waals surface area contributed by atoms with E-state index in [2.05, 4.69) is 20.8 Å². The SMILES string of the molecule is CC1=C(C(=O)C2=CCCCO2)C(C)(C)CCC1. The lowest BCUT2D eigenvalue weighted by atomic mass is 9.71. The molecule has 0 saturated carbocycles. The molecule has 94 valence electrons. The van der Waals surface area contributed by atoms with E-state index in [0.29, 0.717) is 12.4 Å². The van der Waals surface area contributed by atoms with E-state index in [1.165, 1.54) is 12.0 Å². The van der Waals surface area contributed by atoms with Crippen LogP contribution in [0.3, 0.4) is 0 Å². The van der Waals surface area contributed by atoms with Crippen LogP contribution in [0, 0.1) is 5.41 Å². The molecule has 1 aliphatic heterocycles. The molecule has 0 radical (unpaired) electrons. The number of rotatable bonds is 2. The molecular weight excluding hydrogens is 212 g/mol. The minimum atomic E-state index is 0.00106. The van der Waals surface area contributed by atoms with E-state index in [9.17, 15) is 4.79 Å². The van der Waals surface area contributed by atoms with E-state index in [0.717, 1.165) is 31.3 Å². The molecule has 0 saturated heterocycles. The number of allylic oxidation sites excluding steroid dienone is 3. The van der Waals surface area contributed by atoms with Crippen molar-refractivity contribution in [2.75, 3.05) is 6.61 Å². The van der Waals surface area contributed by atoms with E-state index in [1.54, 1.807) is 0 Å². The van der Waals surface area contributed by atoms with Crippen LogP contribution in [0.5, 0.6) is 0 Å². The lowest BCUT2D eigenvalue weighted by Crippen LogP contribution is -2.28. The molecule has 0 atom stereocenters. The highest BCUT2D eigenvalue weighted by Gasteiger charge is 2.35. The molecule has 2 rings (SSSR count). The second kappa shape index (κ2) is 4.67. The van der Waals surface area contributed by atoms with Gasteiger partial charge in [0, 0.05) is 5.57 Å². The van der Waals surface area contributed by atoms with Crippen LogP contribution >= 0.6 is 0 Å². The monoisotopic (exact) mass is 234 g/mol. The quantitative estimate of drug-likeness (QED) is 0.727. The molecular formula is C15H22O2. The first-order valence-electron chi connectivity index (χ1n) is 6.60. The minimum Gasteiger partial charge on any atom is -0.490 e. The molecule has 0 amide bonds. The molecule has 2 aliphatic rings. The van der Waals surface area contributed by atoms with Gasteiger partial charge in [0.1, 0.15) is 0 Å². The molecule has 0 aromatic heterocycles. The van der Waals surface area contributed by atoms with Gasteiger partial charge in [-0.25, -0.2) is 0 Å². The number of ether oxygens (including phenoxy) is 1. The first-order valence-corrected chi connectivity index (χ1v) is 6.60. The van der Waals surface area contributed by atoms with Crippen molar-refractivity contribution in [3.05, 3.63) is 23.0 Å². The average molecular weight is 234 g/mol. The smallest absolute Gasteiger partial charge is 0.223 e. The fourth-order valence-electron chi connectivity index (χ4n) is 2.96. The summed E-state index contributed by atoms with van der Waals surface area (Å²) in [5.74, 6) is 0.715. The molecule has 0 unspecified atom stereocenters. The summed E-state index contributed by atoms with van der Waals surface area (Å²) in [4.78, 5) is 12.5. The van der Waals surface area contributed by atoms with Crippen LogP contribution in [0.1, 0.15) is 52.9 Å². The average Bonchev–Trinajstić information content (AvgIpc) is 2.28. The maximum absolute atomic E-state index is 12.5. The van der Waals surface area contributed by atoms with Gasteiger partial charge in [0.15, 0.2) is 5.76 Å². The summed E-state index contributed by atoms with van der Waals surface area (Å²) >= 11 is 0. The fraction of sp³-hybridized carbons (Fsp3) is 0.667. The second-order valence-electron chi connectivity index (χ2n) is 5.78. The van der Waals surface area contributed by atoms with Gasteiger partial charge in [-0.2, -0.15) is 0 Å². The third-order valence-corrected chi connectivity index (χ3v) is 3.84. The van der Waals surface area contributed by atoms with E-state index in [-0.39, 0.29) is 11.2 Å². The van der Waals surface area contributed by atoms with Crippen LogP contribution in [-0.2, 0) is 9.53 Å². The maximum Gasteiger partial charge on any atom is 0.223 e. The number of carbonyl (C=O) groups is 1. The standard InChI is InChI=1S/C15H22O2/c1-11-7-6-9-15(2,3)13(11)14(16)12-8-4-5-10-17-12/h8H,4-7,9-10H2,1-3H3. The Morgan fingerprint density at radius 1 is 1.35 bits per heavy atom. The Morgan fingerprint density at radius 3 is 2.71 bits per heavy atom. The first kappa shape index (κ1) is 12.4. The molecule has 17 heavy (non-hydrogen) atoms. The highest BCUT2D eigenvalue weighted by Crippen LogP contribution is 2.41. The number of hydrogen-bond acceptors (Lipinski definition) is 2. The van der Waals surface area contributed by atoms with Gasteiger partial charge in [0.05, 0.1) is 6.61 Å². The predicted octanol–water partition coefficient (Wildman–Crippen LogP) is 3.78. The molecule has 1 aliphatic carbocycles. The van der Waals surface area contributed by atoms with Crippen LogP contribution in [-0.4, -0.2) is 12.4 Å². The largest absolute Gasteiger partial charge is 0.490 e. The number of carbonyl (C=O) groups excluding carboxylic acids is 1. The third kappa shape index (κ3) is 2.46. The molecule has 0 fully saturated rings. The van der Waals surface area contributed by atoms with Gasteiger partial charge in [-0.15, -0.1) is 0 Å². The lowest BCUT2D eigenvalue weighted by molar-refractivity contribution is -0.117. The van der Waals surface area contributed by atoms with Crippen molar-refractivity contribution in [2.24, 2.45) is 5.41 Å². The van der Waals surface area contributed by atoms with Crippen molar-refractivity contribution in [3.63, 3.8) is 0 Å². The van der Waals surface area contributed by atoms with Gasteiger partial charge in [0.25, 0.3) is 0 Å². The number of ketones is 1. The van der Waals surface area contributed by atoms with E-state index in [1.807, 2.05) is 6.08 Å². The zero-order chi connectivity index (χ0) is 12.5. The van der Waals surface area contributed by atoms with Gasteiger partial charge in [-0.1, -0.05) is 19.4 Å². The number of hydrogen-bond donors (Lipinski definition) is 0. The fourth-order valence-corrected chi connectivity index (χ4v) is 2.96. The highest BCUT2D eigenvalue weighted by atomic mass is 16.5. The van der Waals surface area contributed by atoms with Gasteiger partial charge in [0.2, 0.25) is 5.78 Å². The van der Waals surface area contributed by atoms with Crippen LogP contribution in [0.25, 0.3) is 0 Å². The van der Waals surface area contributed by atoms with Crippen molar-refractivity contribution in [1.29, 1.82) is 0 Å². The Hall–Kier alpha value is -1.05. The maximum atomic E-state index is 12.5. The molecule has 0 aromatic rings. The van der Waals surface area contributed by atoms with Crippen LogP contribution in [0.15, 0.2) is 23.0 Å². The minimum absolute atomic E-state index is 0.00106. The summed E-state index contributed by atoms with van der Waals surface area (Å²) in [7, 11) is 0. The normalized spacial score (nSPS) is 24.1. The Balaban J connectivity index is 2.31. The van der Waals surface area contributed by atoms with Gasteiger partial charge in [-0.05, 0) is 50.5 Å². The van der Waals surface area contributed by atoms with E-state index in [4.69, 9.17) is 4.74 Å². The summed E-state index contributed by atoms with van der Waals surface area (Å²) in [5, 5.41) is 0. The van der Waals surface area contributed by atoms with Crippen molar-refractivity contribution in [3.8, 4) is 0 Å². The molecule has 2 nitrogen and oxygen atoms in total. The first-order chi connectivity index (χ1) is 8.02. The topological polar surface area (TPSA) is 26.3 Å². The molecule has 0 bridgehead atoms. The van der Waals surface area contributed by atoms with Crippen molar-refractivity contribution < 1.29 is 9.53 Å². The Kier molecular flexibility index (Phi) is 3.41. The molecule has 1 heterocycles. The van der Waals surface area contributed by atoms with Crippen molar-refractivity contribution in [2.45, 2.75) is 52.9 Å². The van der Waals surface area contributed by atoms with Crippen LogP contribution in [0.2, 0.25) is 0 Å². The molecule has 0 N–H and O–H groups in total. The Labute approximate surface area is 104 Å². The Morgan fingerprint density at radius 2 is 2.12 bits per heavy atom. The lowest BCUT2D eigenvalue weighted by Gasteiger charge is -2.34. The zero-order valence-corrected chi connectivity index (χ0v) is 11.1. The van der Waals surface area contributed by atoms with Gasteiger partial charge in [-0.3, -0.25) is 4.79 Å². The zero-order valence-electron chi connectivity index (χ0n) is 11.1. The second-order valence-corrected chi connectivity index (χ2v) is 5.78. The molecule has 0 spiro atoms. The summed E-state index contributed by atoms with van der Waals surface area (Å²) < 4.78 is 5.51. The predicted molar refractivity (Wildman–Crippen MR) is 68.6 cm³/mol. The highest BCUT2D eigenvalue weighted by molar-refractivity contribution is 6.08.